The van der Waals surface area contributed by atoms with E-state index in [0.29, 0.717) is 0 Å². The van der Waals surface area contributed by atoms with Crippen LogP contribution in [0.2, 0.25) is 0 Å². The molecule has 0 unspecified atom stereocenters. The monoisotopic (exact) mass is 1020 g/mol. The minimum Gasteiger partial charge on any atom is -0.0620 e. The molecule has 59 heavy (non-hydrogen) atoms. The molecule has 0 atom stereocenters. The Balaban J connectivity index is 0.000000146. The van der Waals surface area contributed by atoms with Crippen molar-refractivity contribution in [3.05, 3.63) is 273 Å². The fraction of sp³-hybridized carbons (Fsp3) is 0. The third-order valence-electron chi connectivity index (χ3n) is 9.56. The molecule has 0 aromatic heterocycles. The van der Waals surface area contributed by atoms with Gasteiger partial charge in [-0.05, 0) is 109 Å². The summed E-state index contributed by atoms with van der Waals surface area (Å²) in [5.41, 5.74) is 0. The molecule has 5 heteroatoms. The molecule has 0 radical (unpaired) electrons. The molecule has 0 spiro atoms. The molecule has 9 aromatic rings. The summed E-state index contributed by atoms with van der Waals surface area (Å²) in [6.45, 7) is 0. The van der Waals surface area contributed by atoms with Gasteiger partial charge >= 0.3 is 27.5 Å². The van der Waals surface area contributed by atoms with Gasteiger partial charge in [0.25, 0.3) is 0 Å². The van der Waals surface area contributed by atoms with Gasteiger partial charge in [-0.2, -0.15) is 0 Å². The van der Waals surface area contributed by atoms with E-state index in [4.69, 9.17) is 9.58 Å². The largest absolute Gasteiger partial charge is 0.102 e. The molecule has 0 bridgehead atoms. The molecule has 0 saturated carbocycles. The van der Waals surface area contributed by atoms with Crippen molar-refractivity contribution in [3.63, 3.8) is 0 Å². The number of rotatable bonds is 9. The topological polar surface area (TPSA) is 0 Å². The van der Waals surface area contributed by atoms with E-state index in [-0.39, 0.29) is 0 Å². The van der Waals surface area contributed by atoms with Crippen LogP contribution in [0.25, 0.3) is 0 Å². The van der Waals surface area contributed by atoms with E-state index in [1.165, 1.54) is 65.6 Å². The predicted molar refractivity (Wildman–Crippen MR) is 268 cm³/mol. The molecule has 0 nitrogen and oxygen atoms in total. The summed E-state index contributed by atoms with van der Waals surface area (Å²) < 4.78 is 0. The molecule has 9 aromatic carbocycles. The van der Waals surface area contributed by atoms with E-state index in [1.54, 1.807) is 0 Å². The van der Waals surface area contributed by atoms with Crippen LogP contribution in [0.4, 0.5) is 0 Å². The van der Waals surface area contributed by atoms with Crippen molar-refractivity contribution in [2.75, 3.05) is 0 Å². The van der Waals surface area contributed by atoms with E-state index in [9.17, 15) is 0 Å². The molecule has 0 N–H and O–H groups in total. The van der Waals surface area contributed by atoms with Gasteiger partial charge in [0.2, 0.25) is 0 Å². The van der Waals surface area contributed by atoms with Crippen molar-refractivity contribution in [1.29, 1.82) is 0 Å². The smallest absolute Gasteiger partial charge is 0.0620 e. The van der Waals surface area contributed by atoms with Crippen LogP contribution >= 0.6 is 33.3 Å². The Morgan fingerprint density at radius 1 is 0.169 bits per heavy atom. The van der Waals surface area contributed by atoms with Gasteiger partial charge in [0.1, 0.15) is 47.7 Å². The molecule has 294 valence electrons. The third-order valence-corrected chi connectivity index (χ3v) is 17.8. The second kappa shape index (κ2) is 25.0. The SMILES string of the molecule is [Cl][IrH2].c1ccc([PH+](c2ccccc2)c2ccccc2)cc1.c1ccc([PH+](c2ccccc2)c2ccccc2)cc1.c1ccc([PH+](c2ccccc2)c2ccccc2)cc1. The molecule has 0 aliphatic rings. The molecular weight excluding hydrogens is 969 g/mol. The van der Waals surface area contributed by atoms with Crippen LogP contribution in [0.3, 0.4) is 0 Å². The standard InChI is InChI=1S/3C18H15P.ClH.Ir.2H/c3*1-4-10-16(11-5-1)19(17-12-6-2-7-13-17)18-14-8-3-9-15-18;;;;/h3*1-15H;1H;;;/q;;;;+1;;/p+2. The quantitative estimate of drug-likeness (QED) is 0.127. The minimum atomic E-state index is -0.877. The van der Waals surface area contributed by atoms with Crippen LogP contribution in [0.1, 0.15) is 0 Å². The van der Waals surface area contributed by atoms with Gasteiger partial charge in [-0.1, -0.05) is 164 Å². The zero-order chi connectivity index (χ0) is 40.7. The molecule has 0 aliphatic carbocycles. The summed E-state index contributed by atoms with van der Waals surface area (Å²) in [6, 6.07) is 97.5. The van der Waals surface area contributed by atoms with Crippen LogP contribution in [0.15, 0.2) is 273 Å². The van der Waals surface area contributed by atoms with E-state index in [1.807, 2.05) is 0 Å². The molecule has 0 heterocycles. The van der Waals surface area contributed by atoms with E-state index >= 15 is 0 Å². The number of halogens is 1. The first-order valence-corrected chi connectivity index (χ1v) is 27.5. The summed E-state index contributed by atoms with van der Waals surface area (Å²) in [5, 5.41) is 12.9. The van der Waals surface area contributed by atoms with Crippen LogP contribution < -0.4 is 47.7 Å². The Kier molecular flexibility index (Phi) is 18.5. The molecule has 0 saturated heterocycles. The van der Waals surface area contributed by atoms with Crippen molar-refractivity contribution in [2.45, 2.75) is 0 Å². The first kappa shape index (κ1) is 43.8. The Morgan fingerprint density at radius 2 is 0.254 bits per heavy atom. The van der Waals surface area contributed by atoms with Crippen LogP contribution in [0.5, 0.6) is 0 Å². The summed E-state index contributed by atoms with van der Waals surface area (Å²) in [6.07, 6.45) is 0. The van der Waals surface area contributed by atoms with Gasteiger partial charge in [-0.3, -0.25) is 0 Å². The Hall–Kier alpha value is -4.79. The van der Waals surface area contributed by atoms with Gasteiger partial charge in [0.15, 0.2) is 0 Å². The fourth-order valence-electron chi connectivity index (χ4n) is 6.94. The van der Waals surface area contributed by atoms with Gasteiger partial charge < -0.3 is 0 Å². The number of hydrogen-bond donors (Lipinski definition) is 0. The first-order chi connectivity index (χ1) is 29.3. The zero-order valence-corrected chi connectivity index (χ0v) is 39.2. The second-order valence-corrected chi connectivity index (χ2v) is 20.9. The number of hydrogen-bond acceptors (Lipinski definition) is 0. The van der Waals surface area contributed by atoms with Crippen molar-refractivity contribution in [2.24, 2.45) is 0 Å². The minimum absolute atomic E-state index is 0.877. The second-order valence-electron chi connectivity index (χ2n) is 13.4. The van der Waals surface area contributed by atoms with Crippen LogP contribution in [-0.2, 0) is 17.9 Å². The van der Waals surface area contributed by atoms with Gasteiger partial charge in [0.05, 0.1) is 23.8 Å². The van der Waals surface area contributed by atoms with Crippen molar-refractivity contribution in [1.82, 2.24) is 0 Å². The molecule has 9 rings (SSSR count). The van der Waals surface area contributed by atoms with Crippen LogP contribution in [0, 0.1) is 0 Å². The average molecular weight is 1020 g/mol. The maximum absolute atomic E-state index is 4.69. The molecule has 0 aliphatic heterocycles. The fourth-order valence-corrected chi connectivity index (χ4v) is 14.7. The number of benzene rings is 9. The average Bonchev–Trinajstić information content (AvgIpc) is 3.34. The molecular formula is C54H50ClIrP3+3. The predicted octanol–water partition coefficient (Wildman–Crippen LogP) is 9.68. The third kappa shape index (κ3) is 13.1. The maximum Gasteiger partial charge on any atom is 0.102 e. The normalized spacial score (nSPS) is 10.3. The summed E-state index contributed by atoms with van der Waals surface area (Å²) in [4.78, 5) is 0. The van der Waals surface area contributed by atoms with Gasteiger partial charge in [-0.15, -0.1) is 0 Å². The molecule has 0 amide bonds. The Bertz CT molecular complexity index is 1870. The zero-order valence-electron chi connectivity index (χ0n) is 32.7. The maximum atomic E-state index is 4.69. The van der Waals surface area contributed by atoms with E-state index in [2.05, 4.69) is 273 Å². The van der Waals surface area contributed by atoms with Crippen LogP contribution in [-0.4, -0.2) is 0 Å². The summed E-state index contributed by atoms with van der Waals surface area (Å²) >= 11 is 1.19. The van der Waals surface area contributed by atoms with Gasteiger partial charge in [0, 0.05) is 0 Å². The summed E-state index contributed by atoms with van der Waals surface area (Å²) in [5.74, 6) is 0. The molecule has 0 fully saturated rings. The van der Waals surface area contributed by atoms with Crippen molar-refractivity contribution in [3.8, 4) is 0 Å². The van der Waals surface area contributed by atoms with Crippen molar-refractivity contribution < 1.29 is 17.9 Å². The van der Waals surface area contributed by atoms with Crippen molar-refractivity contribution >= 4 is 81.1 Å². The Morgan fingerprint density at radius 3 is 0.339 bits per heavy atom. The Labute approximate surface area is 369 Å². The van der Waals surface area contributed by atoms with Gasteiger partial charge in [-0.25, -0.2) is 0 Å². The summed E-state index contributed by atoms with van der Waals surface area (Å²) in [7, 11) is 2.06. The first-order valence-electron chi connectivity index (χ1n) is 19.6. The van der Waals surface area contributed by atoms with E-state index < -0.39 is 23.8 Å². The van der Waals surface area contributed by atoms with E-state index in [0.717, 1.165) is 0 Å².